The van der Waals surface area contributed by atoms with Gasteiger partial charge in [0.25, 0.3) is 0 Å². The van der Waals surface area contributed by atoms with E-state index in [9.17, 15) is 19.8 Å². The molecule has 0 aliphatic carbocycles. The van der Waals surface area contributed by atoms with Crippen molar-refractivity contribution in [2.75, 3.05) is 19.8 Å². The first-order valence-electron chi connectivity index (χ1n) is 7.64. The topological polar surface area (TPSA) is 132 Å². The van der Waals surface area contributed by atoms with Crippen LogP contribution in [-0.4, -0.2) is 62.4 Å². The molecular weight excluding hydrogens is 320 g/mol. The summed E-state index contributed by atoms with van der Waals surface area (Å²) in [6.07, 6.45) is 0.644. The Bertz CT molecular complexity index is 686. The summed E-state index contributed by atoms with van der Waals surface area (Å²) in [7, 11) is 0. The molecule has 3 atom stereocenters. The summed E-state index contributed by atoms with van der Waals surface area (Å²) in [5, 5.41) is 28.6. The molecule has 0 radical (unpaired) electrons. The minimum Gasteiger partial charge on any atom is -0.494 e. The Morgan fingerprint density at radius 2 is 2.08 bits per heavy atom. The van der Waals surface area contributed by atoms with Gasteiger partial charge in [-0.25, -0.2) is 4.79 Å². The van der Waals surface area contributed by atoms with Crippen molar-refractivity contribution >= 4 is 11.9 Å². The lowest BCUT2D eigenvalue weighted by atomic mass is 9.80. The summed E-state index contributed by atoms with van der Waals surface area (Å²) in [5.74, 6) is -1.78. The molecule has 3 rings (SSSR count). The van der Waals surface area contributed by atoms with Crippen LogP contribution in [0.15, 0.2) is 0 Å². The maximum absolute atomic E-state index is 12.5. The second-order valence-electron chi connectivity index (χ2n) is 6.62. The summed E-state index contributed by atoms with van der Waals surface area (Å²) >= 11 is 0. The Morgan fingerprint density at radius 1 is 1.38 bits per heavy atom. The number of hydrogen-bond donors (Lipinski definition) is 4. The molecular formula is C15H20N2O7. The molecule has 2 aliphatic heterocycles. The van der Waals surface area contributed by atoms with Crippen molar-refractivity contribution in [3.63, 3.8) is 0 Å². The zero-order chi connectivity index (χ0) is 17.6. The normalized spacial score (nSPS) is 28.2. The second-order valence-corrected chi connectivity index (χ2v) is 6.62. The highest BCUT2D eigenvalue weighted by atomic mass is 16.5. The monoisotopic (exact) mass is 340 g/mol. The number of rotatable bonds is 4. The van der Waals surface area contributed by atoms with Crippen LogP contribution in [0.2, 0.25) is 0 Å². The third kappa shape index (κ3) is 2.54. The number of nitrogens with one attached hydrogen (secondary N) is 1. The standard InChI is InChI=1S/C15H20N2O7/c1-7-3-15(2)12(10-11(24-15)14(22)16-13(10)21)17(4-7)8(18)5-23-6-9(19)20/h7,12,16,21-22H,3-6H2,1-2H3,(H,19,20)/t7-,12-,15-/m0/s1. The maximum atomic E-state index is 12.5. The molecule has 0 bridgehead atoms. The van der Waals surface area contributed by atoms with Gasteiger partial charge in [0.1, 0.15) is 24.9 Å². The molecule has 0 saturated carbocycles. The Morgan fingerprint density at radius 3 is 2.75 bits per heavy atom. The van der Waals surface area contributed by atoms with Crippen molar-refractivity contribution in [1.29, 1.82) is 0 Å². The third-order valence-corrected chi connectivity index (χ3v) is 4.48. The number of hydrogen-bond acceptors (Lipinski definition) is 6. The van der Waals surface area contributed by atoms with Gasteiger partial charge in [0.15, 0.2) is 5.75 Å². The van der Waals surface area contributed by atoms with E-state index in [1.165, 1.54) is 4.90 Å². The lowest BCUT2D eigenvalue weighted by Crippen LogP contribution is -2.54. The van der Waals surface area contributed by atoms with Crippen molar-refractivity contribution in [2.45, 2.75) is 31.9 Å². The smallest absolute Gasteiger partial charge is 0.329 e. The summed E-state index contributed by atoms with van der Waals surface area (Å²) in [4.78, 5) is 27.0. The zero-order valence-corrected chi connectivity index (χ0v) is 13.4. The lowest BCUT2D eigenvalue weighted by molar-refractivity contribution is -0.152. The van der Waals surface area contributed by atoms with E-state index >= 15 is 0 Å². The third-order valence-electron chi connectivity index (χ3n) is 4.48. The molecule has 1 amide bonds. The van der Waals surface area contributed by atoms with Crippen LogP contribution in [-0.2, 0) is 14.3 Å². The summed E-state index contributed by atoms with van der Waals surface area (Å²) in [6, 6.07) is -0.582. The maximum Gasteiger partial charge on any atom is 0.329 e. The van der Waals surface area contributed by atoms with Gasteiger partial charge in [0.05, 0.1) is 5.56 Å². The van der Waals surface area contributed by atoms with Crippen LogP contribution in [0.25, 0.3) is 0 Å². The first kappa shape index (κ1) is 16.4. The van der Waals surface area contributed by atoms with Gasteiger partial charge in [0.2, 0.25) is 17.7 Å². The largest absolute Gasteiger partial charge is 0.494 e. The molecule has 9 nitrogen and oxygen atoms in total. The Hall–Kier alpha value is -2.42. The minimum absolute atomic E-state index is 0.131. The fraction of sp³-hybridized carbons (Fsp3) is 0.600. The minimum atomic E-state index is -1.15. The average molecular weight is 340 g/mol. The van der Waals surface area contributed by atoms with Crippen LogP contribution in [0, 0.1) is 5.92 Å². The van der Waals surface area contributed by atoms with E-state index in [4.69, 9.17) is 14.6 Å². The van der Waals surface area contributed by atoms with E-state index in [1.54, 1.807) is 0 Å². The van der Waals surface area contributed by atoms with Crippen LogP contribution in [0.5, 0.6) is 17.5 Å². The molecule has 1 aromatic heterocycles. The number of aromatic hydroxyl groups is 2. The van der Waals surface area contributed by atoms with Gasteiger partial charge < -0.3 is 29.7 Å². The zero-order valence-electron chi connectivity index (χ0n) is 13.4. The van der Waals surface area contributed by atoms with Crippen molar-refractivity contribution in [2.24, 2.45) is 5.92 Å². The number of piperidine rings is 1. The number of amides is 1. The number of aromatic nitrogens is 1. The number of ether oxygens (including phenoxy) is 2. The molecule has 24 heavy (non-hydrogen) atoms. The summed E-state index contributed by atoms with van der Waals surface area (Å²) in [6.45, 7) is 3.28. The molecule has 0 aromatic carbocycles. The number of carbonyl (C=O) groups is 2. The Labute approximate surface area is 137 Å². The number of carboxylic acid groups (broad SMARTS) is 1. The molecule has 9 heteroatoms. The molecule has 0 spiro atoms. The van der Waals surface area contributed by atoms with E-state index in [-0.39, 0.29) is 30.0 Å². The van der Waals surface area contributed by atoms with E-state index < -0.39 is 30.1 Å². The molecule has 132 valence electrons. The van der Waals surface area contributed by atoms with Gasteiger partial charge in [-0.05, 0) is 19.3 Å². The fourth-order valence-corrected chi connectivity index (χ4v) is 3.81. The van der Waals surface area contributed by atoms with E-state index in [2.05, 4.69) is 4.98 Å². The quantitative estimate of drug-likeness (QED) is 0.630. The second kappa shape index (κ2) is 5.59. The van der Waals surface area contributed by atoms with Crippen LogP contribution in [0.4, 0.5) is 0 Å². The van der Waals surface area contributed by atoms with Gasteiger partial charge >= 0.3 is 5.97 Å². The van der Waals surface area contributed by atoms with Crippen molar-refractivity contribution in [3.05, 3.63) is 5.56 Å². The summed E-state index contributed by atoms with van der Waals surface area (Å²) < 4.78 is 10.8. The Balaban J connectivity index is 1.89. The molecule has 0 unspecified atom stereocenters. The average Bonchev–Trinajstić information content (AvgIpc) is 2.91. The van der Waals surface area contributed by atoms with E-state index in [0.717, 1.165) is 0 Å². The fourth-order valence-electron chi connectivity index (χ4n) is 3.81. The van der Waals surface area contributed by atoms with Crippen molar-refractivity contribution in [1.82, 2.24) is 9.88 Å². The number of aliphatic carboxylic acids is 1. The number of aromatic amines is 1. The Kier molecular flexibility index (Phi) is 3.83. The van der Waals surface area contributed by atoms with Crippen LogP contribution in [0.1, 0.15) is 31.9 Å². The van der Waals surface area contributed by atoms with Crippen molar-refractivity contribution in [3.8, 4) is 17.5 Å². The highest BCUT2D eigenvalue weighted by molar-refractivity contribution is 5.79. The van der Waals surface area contributed by atoms with Gasteiger partial charge in [-0.2, -0.15) is 0 Å². The number of likely N-dealkylation sites (tertiary alicyclic amines) is 1. The van der Waals surface area contributed by atoms with Gasteiger partial charge in [0, 0.05) is 6.54 Å². The number of H-pyrrole nitrogens is 1. The van der Waals surface area contributed by atoms with Gasteiger partial charge in [-0.1, -0.05) is 6.92 Å². The van der Waals surface area contributed by atoms with E-state index in [0.29, 0.717) is 18.5 Å². The number of carboxylic acids is 1. The van der Waals surface area contributed by atoms with Crippen LogP contribution < -0.4 is 4.74 Å². The first-order chi connectivity index (χ1) is 11.2. The predicted molar refractivity (Wildman–Crippen MR) is 79.8 cm³/mol. The van der Waals surface area contributed by atoms with Crippen LogP contribution >= 0.6 is 0 Å². The summed E-state index contributed by atoms with van der Waals surface area (Å²) in [5.41, 5.74) is -0.442. The molecule has 3 heterocycles. The molecule has 2 aliphatic rings. The molecule has 1 saturated heterocycles. The highest BCUT2D eigenvalue weighted by Gasteiger charge is 2.56. The lowest BCUT2D eigenvalue weighted by Gasteiger charge is -2.45. The molecule has 1 aromatic rings. The SMILES string of the molecule is C[C@@H]1CN(C(=O)COCC(=O)O)[C@H]2c3c(O)[nH]c(O)c3O[C@@]2(C)C1. The highest BCUT2D eigenvalue weighted by Crippen LogP contribution is 2.57. The van der Waals surface area contributed by atoms with Gasteiger partial charge in [-0.3, -0.25) is 9.78 Å². The van der Waals surface area contributed by atoms with E-state index in [1.807, 2.05) is 13.8 Å². The van der Waals surface area contributed by atoms with Gasteiger partial charge in [-0.15, -0.1) is 0 Å². The predicted octanol–water partition coefficient (Wildman–Crippen LogP) is 0.588. The van der Waals surface area contributed by atoms with Crippen LogP contribution in [0.3, 0.4) is 0 Å². The number of fused-ring (bicyclic) bond motifs is 3. The number of carbonyl (C=O) groups excluding carboxylic acids is 1. The first-order valence-corrected chi connectivity index (χ1v) is 7.64. The molecule has 4 N–H and O–H groups in total. The number of nitrogens with zero attached hydrogens (tertiary/aromatic N) is 1. The van der Waals surface area contributed by atoms with Crippen molar-refractivity contribution < 1.29 is 34.4 Å². The molecule has 1 fully saturated rings.